The van der Waals surface area contributed by atoms with Gasteiger partial charge in [-0.3, -0.25) is 9.59 Å². The van der Waals surface area contributed by atoms with Gasteiger partial charge in [0, 0.05) is 13.2 Å². The summed E-state index contributed by atoms with van der Waals surface area (Å²) >= 11 is 0. The van der Waals surface area contributed by atoms with Gasteiger partial charge in [0.25, 0.3) is 11.8 Å². The van der Waals surface area contributed by atoms with Gasteiger partial charge in [-0.25, -0.2) is 0 Å². The third-order valence-electron chi connectivity index (χ3n) is 3.60. The van der Waals surface area contributed by atoms with Gasteiger partial charge in [0.15, 0.2) is 0 Å². The zero-order valence-electron chi connectivity index (χ0n) is 13.2. The smallest absolute Gasteiger partial charge is 0.272 e. The third-order valence-corrected chi connectivity index (χ3v) is 3.60. The second-order valence-corrected chi connectivity index (χ2v) is 5.27. The molecule has 0 bridgehead atoms. The largest absolute Gasteiger partial charge is 0.467 e. The van der Waals surface area contributed by atoms with E-state index in [1.165, 1.54) is 0 Å². The van der Waals surface area contributed by atoms with Crippen molar-refractivity contribution >= 4 is 17.5 Å². The number of carbonyl (C=O) groups excluding carboxylic acids is 2. The lowest BCUT2D eigenvalue weighted by atomic mass is 10.1. The van der Waals surface area contributed by atoms with Crippen molar-refractivity contribution in [2.75, 3.05) is 5.32 Å². The van der Waals surface area contributed by atoms with E-state index in [2.05, 4.69) is 10.6 Å². The van der Waals surface area contributed by atoms with Gasteiger partial charge in [-0.15, -0.1) is 0 Å². The van der Waals surface area contributed by atoms with Crippen molar-refractivity contribution in [2.45, 2.75) is 6.54 Å². The Morgan fingerprint density at radius 1 is 1.04 bits per heavy atom. The number of nitrogens with zero attached hydrogens (tertiary/aromatic N) is 1. The van der Waals surface area contributed by atoms with Crippen LogP contribution in [0.5, 0.6) is 0 Å². The molecule has 2 aromatic heterocycles. The highest BCUT2D eigenvalue weighted by atomic mass is 16.3. The first kappa shape index (κ1) is 15.6. The van der Waals surface area contributed by atoms with Gasteiger partial charge in [0.05, 0.1) is 24.1 Å². The first-order chi connectivity index (χ1) is 11.6. The monoisotopic (exact) mass is 323 g/mol. The van der Waals surface area contributed by atoms with Crippen LogP contribution in [0, 0.1) is 0 Å². The molecule has 0 aliphatic carbocycles. The van der Waals surface area contributed by atoms with Gasteiger partial charge in [0.1, 0.15) is 11.5 Å². The Hall–Kier alpha value is -3.28. The van der Waals surface area contributed by atoms with Gasteiger partial charge < -0.3 is 19.6 Å². The fraction of sp³-hybridized carbons (Fsp3) is 0.111. The molecule has 0 atom stereocenters. The van der Waals surface area contributed by atoms with E-state index in [0.717, 1.165) is 0 Å². The van der Waals surface area contributed by atoms with Crippen molar-refractivity contribution < 1.29 is 14.0 Å². The third kappa shape index (κ3) is 3.38. The van der Waals surface area contributed by atoms with Crippen molar-refractivity contribution in [3.05, 3.63) is 78.0 Å². The maximum Gasteiger partial charge on any atom is 0.272 e. The van der Waals surface area contributed by atoms with Gasteiger partial charge in [-0.2, -0.15) is 0 Å². The molecule has 0 saturated heterocycles. The second-order valence-electron chi connectivity index (χ2n) is 5.27. The first-order valence-electron chi connectivity index (χ1n) is 7.47. The number of para-hydroxylation sites is 1. The molecule has 122 valence electrons. The number of amides is 2. The van der Waals surface area contributed by atoms with E-state index in [-0.39, 0.29) is 18.4 Å². The normalized spacial score (nSPS) is 10.4. The highest BCUT2D eigenvalue weighted by Gasteiger charge is 2.15. The molecular weight excluding hydrogens is 306 g/mol. The van der Waals surface area contributed by atoms with Crippen LogP contribution in [0.4, 0.5) is 5.69 Å². The summed E-state index contributed by atoms with van der Waals surface area (Å²) in [5.74, 6) is 0.108. The zero-order chi connectivity index (χ0) is 16.9. The number of benzene rings is 1. The number of aryl methyl sites for hydroxylation is 1. The Morgan fingerprint density at radius 2 is 1.88 bits per heavy atom. The molecule has 0 saturated carbocycles. The molecule has 24 heavy (non-hydrogen) atoms. The maximum absolute atomic E-state index is 12.4. The molecule has 0 spiro atoms. The quantitative estimate of drug-likeness (QED) is 0.758. The van der Waals surface area contributed by atoms with Crippen LogP contribution in [-0.2, 0) is 13.6 Å². The van der Waals surface area contributed by atoms with E-state index in [1.807, 2.05) is 0 Å². The van der Waals surface area contributed by atoms with Crippen LogP contribution in [0.25, 0.3) is 0 Å². The lowest BCUT2D eigenvalue weighted by molar-refractivity contribution is 0.0949. The number of hydrogen-bond donors (Lipinski definition) is 2. The highest BCUT2D eigenvalue weighted by molar-refractivity contribution is 6.08. The van der Waals surface area contributed by atoms with E-state index in [9.17, 15) is 9.59 Å². The number of aromatic nitrogens is 1. The summed E-state index contributed by atoms with van der Waals surface area (Å²) in [4.78, 5) is 24.7. The molecule has 0 aliphatic heterocycles. The average molecular weight is 323 g/mol. The van der Waals surface area contributed by atoms with Crippen molar-refractivity contribution in [3.8, 4) is 0 Å². The molecule has 6 heteroatoms. The Morgan fingerprint density at radius 3 is 2.58 bits per heavy atom. The molecule has 2 N–H and O–H groups in total. The van der Waals surface area contributed by atoms with Crippen LogP contribution in [0.1, 0.15) is 26.6 Å². The molecule has 1 aromatic carbocycles. The zero-order valence-corrected chi connectivity index (χ0v) is 13.2. The molecule has 0 aliphatic rings. The maximum atomic E-state index is 12.4. The van der Waals surface area contributed by atoms with Gasteiger partial charge in [0.2, 0.25) is 0 Å². The molecule has 3 aromatic rings. The van der Waals surface area contributed by atoms with E-state index < -0.39 is 0 Å². The average Bonchev–Trinajstić information content (AvgIpc) is 3.24. The predicted molar refractivity (Wildman–Crippen MR) is 89.7 cm³/mol. The summed E-state index contributed by atoms with van der Waals surface area (Å²) in [7, 11) is 1.79. The summed E-state index contributed by atoms with van der Waals surface area (Å²) in [5, 5.41) is 5.56. The topological polar surface area (TPSA) is 76.3 Å². The highest BCUT2D eigenvalue weighted by Crippen LogP contribution is 2.16. The fourth-order valence-electron chi connectivity index (χ4n) is 2.35. The standard InChI is InChI=1S/C18H17N3O3/c1-21-10-4-9-16(21)18(23)20-15-8-3-2-7-14(15)17(22)19-12-13-6-5-11-24-13/h2-11H,12H2,1H3,(H,19,22)(H,20,23). The van der Waals surface area contributed by atoms with Crippen LogP contribution >= 0.6 is 0 Å². The predicted octanol–water partition coefficient (Wildman–Crippen LogP) is 2.80. The van der Waals surface area contributed by atoms with Gasteiger partial charge in [-0.05, 0) is 36.4 Å². The molecule has 0 unspecified atom stereocenters. The van der Waals surface area contributed by atoms with Gasteiger partial charge >= 0.3 is 0 Å². The van der Waals surface area contributed by atoms with Crippen molar-refractivity contribution in [2.24, 2.45) is 7.05 Å². The van der Waals surface area contributed by atoms with Crippen molar-refractivity contribution in [3.63, 3.8) is 0 Å². The number of anilines is 1. The molecule has 2 amide bonds. The van der Waals surface area contributed by atoms with Crippen LogP contribution in [0.3, 0.4) is 0 Å². The minimum Gasteiger partial charge on any atom is -0.467 e. The number of furan rings is 1. The van der Waals surface area contributed by atoms with Crippen molar-refractivity contribution in [1.29, 1.82) is 0 Å². The second kappa shape index (κ2) is 6.87. The molecule has 0 fully saturated rings. The minimum atomic E-state index is -0.283. The summed E-state index contributed by atoms with van der Waals surface area (Å²) in [6.45, 7) is 0.284. The summed E-state index contributed by atoms with van der Waals surface area (Å²) < 4.78 is 6.91. The molecule has 3 rings (SSSR count). The molecule has 6 nitrogen and oxygen atoms in total. The van der Waals surface area contributed by atoms with Crippen LogP contribution in [0.15, 0.2) is 65.4 Å². The number of nitrogens with one attached hydrogen (secondary N) is 2. The Balaban J connectivity index is 1.74. The number of rotatable bonds is 5. The van der Waals surface area contributed by atoms with Crippen molar-refractivity contribution in [1.82, 2.24) is 9.88 Å². The summed E-state index contributed by atoms with van der Waals surface area (Å²) in [5.41, 5.74) is 1.37. The van der Waals surface area contributed by atoms with Crippen LogP contribution in [-0.4, -0.2) is 16.4 Å². The number of carbonyl (C=O) groups is 2. The van der Waals surface area contributed by atoms with E-state index in [1.54, 1.807) is 72.6 Å². The lowest BCUT2D eigenvalue weighted by Crippen LogP contribution is -2.25. The first-order valence-corrected chi connectivity index (χ1v) is 7.47. The molecule has 0 radical (unpaired) electrons. The number of hydrogen-bond acceptors (Lipinski definition) is 3. The van der Waals surface area contributed by atoms with Gasteiger partial charge in [-0.1, -0.05) is 12.1 Å². The Bertz CT molecular complexity index is 850. The summed E-state index contributed by atoms with van der Waals surface area (Å²) in [6.07, 6.45) is 3.34. The minimum absolute atomic E-state index is 0.270. The SMILES string of the molecule is Cn1cccc1C(=O)Nc1ccccc1C(=O)NCc1ccco1. The Labute approximate surface area is 139 Å². The summed E-state index contributed by atoms with van der Waals surface area (Å²) in [6, 6.07) is 13.9. The van der Waals surface area contributed by atoms with Crippen LogP contribution < -0.4 is 10.6 Å². The fourth-order valence-corrected chi connectivity index (χ4v) is 2.35. The van der Waals surface area contributed by atoms with E-state index in [0.29, 0.717) is 22.7 Å². The van der Waals surface area contributed by atoms with E-state index >= 15 is 0 Å². The van der Waals surface area contributed by atoms with E-state index in [4.69, 9.17) is 4.42 Å². The Kier molecular flexibility index (Phi) is 4.47. The molecule has 2 heterocycles. The van der Waals surface area contributed by atoms with Crippen LogP contribution in [0.2, 0.25) is 0 Å². The molecular formula is C18H17N3O3. The lowest BCUT2D eigenvalue weighted by Gasteiger charge is -2.11.